The number of nitrogens with two attached hydrogens (primary N) is 2. The molecule has 0 radical (unpaired) electrons. The standard InChI is InChI=1S/C14H14N2O2S/c1-7-3-13-9(5-11(7)15)10-6-12(16)8(2)4-14(10)19(13,17)18/h3-6H,15-16H2,1-2H3. The van der Waals surface area contributed by atoms with E-state index < -0.39 is 9.84 Å². The van der Waals surface area contributed by atoms with Crippen molar-refractivity contribution in [2.75, 3.05) is 11.5 Å². The zero-order chi connectivity index (χ0) is 13.9. The van der Waals surface area contributed by atoms with Crippen LogP contribution in [0.2, 0.25) is 0 Å². The van der Waals surface area contributed by atoms with Crippen LogP contribution >= 0.6 is 0 Å². The van der Waals surface area contributed by atoms with E-state index >= 15 is 0 Å². The maximum atomic E-state index is 12.5. The minimum absolute atomic E-state index is 0.319. The molecule has 0 atom stereocenters. The lowest BCUT2D eigenvalue weighted by Gasteiger charge is -2.05. The summed E-state index contributed by atoms with van der Waals surface area (Å²) >= 11 is 0. The van der Waals surface area contributed by atoms with Crippen LogP contribution in [0.5, 0.6) is 0 Å². The Labute approximate surface area is 112 Å². The zero-order valence-electron chi connectivity index (χ0n) is 10.7. The molecule has 0 unspecified atom stereocenters. The first-order valence-electron chi connectivity index (χ1n) is 5.88. The highest BCUT2D eigenvalue weighted by molar-refractivity contribution is 7.92. The predicted octanol–water partition coefficient (Wildman–Crippen LogP) is 2.28. The summed E-state index contributed by atoms with van der Waals surface area (Å²) in [6.45, 7) is 3.60. The molecule has 19 heavy (non-hydrogen) atoms. The molecule has 4 N–H and O–H groups in total. The number of fused-ring (bicyclic) bond motifs is 3. The minimum Gasteiger partial charge on any atom is -0.398 e. The van der Waals surface area contributed by atoms with Crippen molar-refractivity contribution in [2.45, 2.75) is 23.6 Å². The Morgan fingerprint density at radius 1 is 0.789 bits per heavy atom. The molecule has 5 heteroatoms. The molecular formula is C14H14N2O2S. The van der Waals surface area contributed by atoms with Crippen molar-refractivity contribution >= 4 is 21.2 Å². The normalized spacial score (nSPS) is 15.1. The van der Waals surface area contributed by atoms with Crippen LogP contribution in [0.1, 0.15) is 11.1 Å². The van der Waals surface area contributed by atoms with Crippen LogP contribution in [0, 0.1) is 13.8 Å². The third-order valence-electron chi connectivity index (χ3n) is 3.61. The summed E-state index contributed by atoms with van der Waals surface area (Å²) in [5.41, 5.74) is 15.7. The molecule has 0 amide bonds. The lowest BCUT2D eigenvalue weighted by molar-refractivity contribution is 0.598. The van der Waals surface area contributed by atoms with E-state index in [1.165, 1.54) is 0 Å². The molecule has 1 heterocycles. The van der Waals surface area contributed by atoms with Crippen LogP contribution in [0.4, 0.5) is 11.4 Å². The van der Waals surface area contributed by atoms with Crippen LogP contribution in [-0.4, -0.2) is 8.42 Å². The summed E-state index contributed by atoms with van der Waals surface area (Å²) in [6, 6.07) is 6.68. The Bertz CT molecular complexity index is 760. The van der Waals surface area contributed by atoms with Gasteiger partial charge in [0, 0.05) is 22.5 Å². The monoisotopic (exact) mass is 274 g/mol. The summed E-state index contributed by atoms with van der Waals surface area (Å²) in [5, 5.41) is 0. The number of nitrogen functional groups attached to an aromatic ring is 2. The summed E-state index contributed by atoms with van der Waals surface area (Å²) in [4.78, 5) is 0.637. The van der Waals surface area contributed by atoms with E-state index in [2.05, 4.69) is 0 Å². The maximum Gasteiger partial charge on any atom is 0.207 e. The van der Waals surface area contributed by atoms with Gasteiger partial charge in [-0.1, -0.05) is 0 Å². The Morgan fingerprint density at radius 2 is 1.16 bits per heavy atom. The number of benzene rings is 2. The number of rotatable bonds is 0. The van der Waals surface area contributed by atoms with Gasteiger partial charge >= 0.3 is 0 Å². The molecule has 4 nitrogen and oxygen atoms in total. The van der Waals surface area contributed by atoms with Gasteiger partial charge in [-0.05, 0) is 49.2 Å². The molecule has 0 aliphatic carbocycles. The first-order valence-corrected chi connectivity index (χ1v) is 7.36. The number of sulfone groups is 1. The SMILES string of the molecule is Cc1cc2c(cc1N)-c1cc(N)c(C)cc1S2(=O)=O. The smallest absolute Gasteiger partial charge is 0.207 e. The van der Waals surface area contributed by atoms with Crippen LogP contribution in [0.15, 0.2) is 34.1 Å². The molecule has 3 rings (SSSR count). The second-order valence-electron chi connectivity index (χ2n) is 4.91. The van der Waals surface area contributed by atoms with Gasteiger partial charge in [0.2, 0.25) is 9.84 Å². The average molecular weight is 274 g/mol. The van der Waals surface area contributed by atoms with Gasteiger partial charge in [0.15, 0.2) is 0 Å². The van der Waals surface area contributed by atoms with Gasteiger partial charge in [-0.2, -0.15) is 0 Å². The van der Waals surface area contributed by atoms with Crippen molar-refractivity contribution in [3.8, 4) is 11.1 Å². The van der Waals surface area contributed by atoms with Gasteiger partial charge in [0.1, 0.15) is 0 Å². The Kier molecular flexibility index (Phi) is 2.23. The highest BCUT2D eigenvalue weighted by Gasteiger charge is 2.33. The fraction of sp³-hybridized carbons (Fsp3) is 0.143. The second kappa shape index (κ2) is 3.51. The van der Waals surface area contributed by atoms with Crippen LogP contribution in [-0.2, 0) is 9.84 Å². The van der Waals surface area contributed by atoms with Gasteiger partial charge in [-0.3, -0.25) is 0 Å². The molecule has 0 saturated carbocycles. The Balaban J connectivity index is 2.48. The Hall–Kier alpha value is -2.01. The van der Waals surface area contributed by atoms with Crippen molar-refractivity contribution in [1.29, 1.82) is 0 Å². The third-order valence-corrected chi connectivity index (χ3v) is 5.44. The third kappa shape index (κ3) is 1.48. The molecule has 0 bridgehead atoms. The first kappa shape index (κ1) is 12.0. The predicted molar refractivity (Wildman–Crippen MR) is 75.6 cm³/mol. The number of anilines is 2. The fourth-order valence-corrected chi connectivity index (χ4v) is 4.20. The molecular weight excluding hydrogens is 260 g/mol. The zero-order valence-corrected chi connectivity index (χ0v) is 11.5. The van der Waals surface area contributed by atoms with E-state index in [1.807, 2.05) is 0 Å². The van der Waals surface area contributed by atoms with Gasteiger partial charge in [-0.15, -0.1) is 0 Å². The molecule has 0 saturated heterocycles. The fourth-order valence-electron chi connectivity index (χ4n) is 2.38. The molecule has 0 fully saturated rings. The van der Waals surface area contributed by atoms with E-state index in [4.69, 9.17) is 11.5 Å². The molecule has 98 valence electrons. The van der Waals surface area contributed by atoms with Crippen LogP contribution in [0.25, 0.3) is 11.1 Å². The minimum atomic E-state index is -3.45. The van der Waals surface area contributed by atoms with E-state index in [0.29, 0.717) is 32.3 Å². The summed E-state index contributed by atoms with van der Waals surface area (Å²) < 4.78 is 25.0. The van der Waals surface area contributed by atoms with Crippen molar-refractivity contribution < 1.29 is 8.42 Å². The number of hydrogen-bond acceptors (Lipinski definition) is 4. The van der Waals surface area contributed by atoms with Gasteiger partial charge in [-0.25, -0.2) is 8.42 Å². The molecule has 0 aromatic heterocycles. The summed E-state index contributed by atoms with van der Waals surface area (Å²) in [5.74, 6) is 0. The van der Waals surface area contributed by atoms with Crippen LogP contribution < -0.4 is 11.5 Å². The van der Waals surface area contributed by atoms with E-state index in [1.54, 1.807) is 38.1 Å². The Morgan fingerprint density at radius 3 is 1.53 bits per heavy atom. The van der Waals surface area contributed by atoms with Gasteiger partial charge in [0.25, 0.3) is 0 Å². The van der Waals surface area contributed by atoms with E-state index in [-0.39, 0.29) is 0 Å². The molecule has 1 aliphatic rings. The number of aryl methyl sites for hydroxylation is 2. The van der Waals surface area contributed by atoms with E-state index in [0.717, 1.165) is 11.1 Å². The van der Waals surface area contributed by atoms with Crippen molar-refractivity contribution in [3.05, 3.63) is 35.4 Å². The largest absolute Gasteiger partial charge is 0.398 e. The average Bonchev–Trinajstić information content (AvgIpc) is 2.52. The molecule has 2 aromatic carbocycles. The summed E-state index contributed by atoms with van der Waals surface area (Å²) in [7, 11) is -3.45. The molecule has 0 spiro atoms. The van der Waals surface area contributed by atoms with Gasteiger partial charge in [0.05, 0.1) is 9.79 Å². The highest BCUT2D eigenvalue weighted by Crippen LogP contribution is 2.46. The first-order chi connectivity index (χ1) is 8.82. The molecule has 1 aliphatic heterocycles. The van der Waals surface area contributed by atoms with Crippen molar-refractivity contribution in [1.82, 2.24) is 0 Å². The van der Waals surface area contributed by atoms with Crippen LogP contribution in [0.3, 0.4) is 0 Å². The molecule has 2 aromatic rings. The number of hydrogen-bond donors (Lipinski definition) is 2. The quantitative estimate of drug-likeness (QED) is 0.616. The van der Waals surface area contributed by atoms with Crippen molar-refractivity contribution in [2.24, 2.45) is 0 Å². The topological polar surface area (TPSA) is 86.2 Å². The lowest BCUT2D eigenvalue weighted by atomic mass is 10.0. The second-order valence-corrected chi connectivity index (χ2v) is 6.80. The lowest BCUT2D eigenvalue weighted by Crippen LogP contribution is -1.99. The maximum absolute atomic E-state index is 12.5. The summed E-state index contributed by atoms with van der Waals surface area (Å²) in [6.07, 6.45) is 0. The van der Waals surface area contributed by atoms with Gasteiger partial charge < -0.3 is 11.5 Å². The van der Waals surface area contributed by atoms with Crippen molar-refractivity contribution in [3.63, 3.8) is 0 Å². The van der Waals surface area contributed by atoms with E-state index in [9.17, 15) is 8.42 Å². The highest BCUT2D eigenvalue weighted by atomic mass is 32.2.